The van der Waals surface area contributed by atoms with Crippen LogP contribution in [0.25, 0.3) is 0 Å². The van der Waals surface area contributed by atoms with Crippen LogP contribution in [0.15, 0.2) is 12.4 Å². The Kier molecular flexibility index (Phi) is 30.6. The minimum Gasteiger partial charge on any atom is -0.403 e. The van der Waals surface area contributed by atoms with E-state index >= 15 is 0 Å². The lowest BCUT2D eigenvalue weighted by molar-refractivity contribution is 0.201. The summed E-state index contributed by atoms with van der Waals surface area (Å²) in [6, 6.07) is 0. The number of aliphatic hydroxyl groups is 2. The zero-order valence-corrected chi connectivity index (χ0v) is 20.7. The van der Waals surface area contributed by atoms with Gasteiger partial charge >= 0.3 is 0 Å². The summed E-state index contributed by atoms with van der Waals surface area (Å²) in [5, 5.41) is 23.1. The van der Waals surface area contributed by atoms with Crippen LogP contribution in [0.4, 0.5) is 0 Å². The van der Waals surface area contributed by atoms with Crippen LogP contribution in [0.3, 0.4) is 0 Å². The van der Waals surface area contributed by atoms with Gasteiger partial charge in [-0.2, -0.15) is 0 Å². The van der Waals surface area contributed by atoms with Crippen LogP contribution < -0.4 is 16.4 Å². The van der Waals surface area contributed by atoms with Crippen molar-refractivity contribution in [2.45, 2.75) is 124 Å². The van der Waals surface area contributed by atoms with E-state index in [-0.39, 0.29) is 7.43 Å². The molecule has 1 atom stereocenters. The van der Waals surface area contributed by atoms with Gasteiger partial charge in [0.1, 0.15) is 0 Å². The lowest BCUT2D eigenvalue weighted by Gasteiger charge is -2.27. The van der Waals surface area contributed by atoms with Gasteiger partial charge in [-0.25, -0.2) is 0 Å². The van der Waals surface area contributed by atoms with Crippen molar-refractivity contribution in [3.8, 4) is 0 Å². The third kappa shape index (κ3) is 27.2. The summed E-state index contributed by atoms with van der Waals surface area (Å²) >= 11 is 0. The second-order valence-corrected chi connectivity index (χ2v) is 9.04. The average Bonchev–Trinajstić information content (AvgIpc) is 2.75. The van der Waals surface area contributed by atoms with Gasteiger partial charge in [0.25, 0.3) is 0 Å². The molecule has 6 N–H and O–H groups in total. The molecule has 1 aliphatic heterocycles. The number of hydrogen-bond donors (Lipinski definition) is 5. The summed E-state index contributed by atoms with van der Waals surface area (Å²) in [6.45, 7) is 9.45. The van der Waals surface area contributed by atoms with Crippen LogP contribution in [-0.2, 0) is 0 Å². The predicted octanol–water partition coefficient (Wildman–Crippen LogP) is 5.71. The van der Waals surface area contributed by atoms with Crippen LogP contribution in [-0.4, -0.2) is 42.6 Å². The molecule has 0 aromatic heterocycles. The van der Waals surface area contributed by atoms with E-state index in [1.54, 1.807) is 6.20 Å². The number of aliphatic hydroxyl groups excluding tert-OH is 2. The molecule has 1 unspecified atom stereocenters. The highest BCUT2D eigenvalue weighted by Crippen LogP contribution is 2.21. The largest absolute Gasteiger partial charge is 0.403 e. The lowest BCUT2D eigenvalue weighted by atomic mass is 9.91. The van der Waals surface area contributed by atoms with E-state index in [1.165, 1.54) is 96.1 Å². The number of nitrogens with two attached hydrogens (primary N) is 1. The van der Waals surface area contributed by atoms with Crippen molar-refractivity contribution >= 4 is 0 Å². The number of hydrogen-bond acceptors (Lipinski definition) is 5. The molecule has 0 aliphatic carbocycles. The van der Waals surface area contributed by atoms with Crippen LogP contribution in [0.5, 0.6) is 0 Å². The van der Waals surface area contributed by atoms with E-state index in [4.69, 9.17) is 10.8 Å². The first-order chi connectivity index (χ1) is 14.6. The van der Waals surface area contributed by atoms with Crippen molar-refractivity contribution in [2.75, 3.05) is 26.8 Å². The van der Waals surface area contributed by atoms with Crippen LogP contribution >= 0.6 is 0 Å². The van der Waals surface area contributed by atoms with Gasteiger partial charge in [-0.05, 0) is 58.4 Å². The number of nitrogens with one attached hydrogen (secondary N) is 2. The molecule has 1 saturated heterocycles. The Balaban J connectivity index is -0.000000470. The maximum Gasteiger partial charge on any atom is 0.0459 e. The average molecular weight is 446 g/mol. The zero-order chi connectivity index (χ0) is 22.9. The summed E-state index contributed by atoms with van der Waals surface area (Å²) in [5.74, 6) is 0.565. The Bertz CT molecular complexity index is 350. The molecule has 190 valence electrons. The van der Waals surface area contributed by atoms with Gasteiger partial charge in [0.15, 0.2) is 0 Å². The molecule has 1 heterocycles. The molecule has 0 bridgehead atoms. The van der Waals surface area contributed by atoms with Crippen molar-refractivity contribution in [1.82, 2.24) is 10.6 Å². The monoisotopic (exact) mass is 445 g/mol. The molecule has 0 aromatic carbocycles. The minimum absolute atomic E-state index is 0. The maximum atomic E-state index is 9.29. The maximum absolute atomic E-state index is 9.29. The smallest absolute Gasteiger partial charge is 0.0459 e. The van der Waals surface area contributed by atoms with Crippen molar-refractivity contribution in [2.24, 2.45) is 11.7 Å². The summed E-state index contributed by atoms with van der Waals surface area (Å²) in [4.78, 5) is 0. The molecule has 0 saturated carbocycles. The Hall–Kier alpha value is -0.780. The van der Waals surface area contributed by atoms with Crippen LogP contribution in [0.1, 0.15) is 118 Å². The third-order valence-corrected chi connectivity index (χ3v) is 5.70. The second kappa shape index (κ2) is 27.3. The molecular weight excluding hydrogens is 386 g/mol. The minimum atomic E-state index is 0. The van der Waals surface area contributed by atoms with Gasteiger partial charge in [0.05, 0.1) is 0 Å². The van der Waals surface area contributed by atoms with E-state index in [9.17, 15) is 5.11 Å². The molecule has 5 heteroatoms. The summed E-state index contributed by atoms with van der Waals surface area (Å²) in [5.41, 5.74) is 5.47. The van der Waals surface area contributed by atoms with Crippen molar-refractivity contribution in [1.29, 1.82) is 0 Å². The summed E-state index contributed by atoms with van der Waals surface area (Å²) in [7, 11) is 1.00. The van der Waals surface area contributed by atoms with Crippen molar-refractivity contribution < 1.29 is 10.2 Å². The highest BCUT2D eigenvalue weighted by atomic mass is 16.3. The summed E-state index contributed by atoms with van der Waals surface area (Å²) in [6.07, 6.45) is 21.5. The van der Waals surface area contributed by atoms with Gasteiger partial charge in [-0.1, -0.05) is 72.1 Å². The molecule has 0 radical (unpaired) electrons. The fraction of sp³-hybridized carbons (Fsp3) is 0.923. The zero-order valence-electron chi connectivity index (χ0n) is 20.7. The highest BCUT2D eigenvalue weighted by Gasteiger charge is 2.17. The second-order valence-electron chi connectivity index (χ2n) is 9.04. The first-order valence-corrected chi connectivity index (χ1v) is 12.5. The fourth-order valence-corrected chi connectivity index (χ4v) is 3.74. The fourth-order valence-electron chi connectivity index (χ4n) is 3.74. The van der Waals surface area contributed by atoms with Gasteiger partial charge in [-0.3, -0.25) is 0 Å². The molecule has 0 amide bonds. The highest BCUT2D eigenvalue weighted by molar-refractivity contribution is 4.77. The van der Waals surface area contributed by atoms with E-state index < -0.39 is 0 Å². The standard InChI is InChI=1S/C14H29NO.C10H22N2.CH4O.CH4/c1-14(2)10-6-5-9-13(12-16)8-4-3-7-11-15-14;1-2-3-4-5-6-7-9-12-10-8-11;1-2;/h13,15-16H,3-12H2,1-2H3;8,10,12H,2-7,9,11H2,1H3;2H,1H3;1H4/b;10-8-;;. The Labute approximate surface area is 195 Å². The first-order valence-electron chi connectivity index (χ1n) is 12.5. The Morgan fingerprint density at radius 3 is 2.19 bits per heavy atom. The predicted molar refractivity (Wildman–Crippen MR) is 139 cm³/mol. The van der Waals surface area contributed by atoms with Crippen molar-refractivity contribution in [3.63, 3.8) is 0 Å². The lowest BCUT2D eigenvalue weighted by Crippen LogP contribution is -2.39. The quantitative estimate of drug-likeness (QED) is 0.293. The number of unbranched alkanes of at least 4 members (excludes halogenated alkanes) is 5. The molecule has 5 nitrogen and oxygen atoms in total. The molecule has 0 aromatic rings. The normalized spacial score (nSPS) is 19.4. The van der Waals surface area contributed by atoms with Gasteiger partial charge in [0, 0.05) is 38.2 Å². The van der Waals surface area contributed by atoms with Crippen LogP contribution in [0, 0.1) is 5.92 Å². The molecular formula is C26H59N3O2. The SMILES string of the molecule is C.CC1(C)CCCCC(CO)CCCCCN1.CCCCCCCCN/C=C\N.CO. The van der Waals surface area contributed by atoms with Crippen molar-refractivity contribution in [3.05, 3.63) is 12.4 Å². The topological polar surface area (TPSA) is 90.5 Å². The van der Waals surface area contributed by atoms with E-state index in [0.717, 1.165) is 20.2 Å². The van der Waals surface area contributed by atoms with Crippen LogP contribution in [0.2, 0.25) is 0 Å². The first kappa shape index (κ1) is 34.8. The molecule has 1 rings (SSSR count). The Morgan fingerprint density at radius 1 is 0.968 bits per heavy atom. The molecule has 0 spiro atoms. The van der Waals surface area contributed by atoms with Gasteiger partial charge in [-0.15, -0.1) is 0 Å². The van der Waals surface area contributed by atoms with Gasteiger partial charge in [0.2, 0.25) is 0 Å². The van der Waals surface area contributed by atoms with E-state index in [2.05, 4.69) is 31.4 Å². The molecule has 31 heavy (non-hydrogen) atoms. The van der Waals surface area contributed by atoms with E-state index in [0.29, 0.717) is 18.1 Å². The third-order valence-electron chi connectivity index (χ3n) is 5.70. The molecule has 1 fully saturated rings. The van der Waals surface area contributed by atoms with Gasteiger partial charge < -0.3 is 26.6 Å². The molecule has 1 aliphatic rings. The number of rotatable bonds is 9. The van der Waals surface area contributed by atoms with E-state index in [1.807, 2.05) is 0 Å². The summed E-state index contributed by atoms with van der Waals surface area (Å²) < 4.78 is 0. The Morgan fingerprint density at radius 2 is 1.58 bits per heavy atom.